The van der Waals surface area contributed by atoms with Crippen LogP contribution in [0.5, 0.6) is 0 Å². The van der Waals surface area contributed by atoms with Crippen LogP contribution in [-0.2, 0) is 9.59 Å². The maximum atomic E-state index is 12.2. The van der Waals surface area contributed by atoms with Crippen LogP contribution in [0.3, 0.4) is 0 Å². The summed E-state index contributed by atoms with van der Waals surface area (Å²) in [5.41, 5.74) is 0. The van der Waals surface area contributed by atoms with Gasteiger partial charge in [-0.1, -0.05) is 25.4 Å². The van der Waals surface area contributed by atoms with E-state index in [2.05, 4.69) is 5.32 Å². The van der Waals surface area contributed by atoms with E-state index in [1.165, 1.54) is 11.3 Å². The molecule has 1 aromatic rings. The average molecular weight is 301 g/mol. The molecule has 0 spiro atoms. The van der Waals surface area contributed by atoms with Gasteiger partial charge in [-0.2, -0.15) is 0 Å². The highest BCUT2D eigenvalue weighted by atomic mass is 35.5. The van der Waals surface area contributed by atoms with Crippen molar-refractivity contribution in [2.75, 3.05) is 6.54 Å². The van der Waals surface area contributed by atoms with Crippen LogP contribution in [0.1, 0.15) is 31.7 Å². The number of carbonyl (C=O) groups is 2. The zero-order valence-corrected chi connectivity index (χ0v) is 12.7. The van der Waals surface area contributed by atoms with Crippen molar-refractivity contribution in [3.05, 3.63) is 21.3 Å². The van der Waals surface area contributed by atoms with E-state index in [1.807, 2.05) is 32.9 Å². The summed E-state index contributed by atoms with van der Waals surface area (Å²) in [5.74, 6) is -0.0541. The van der Waals surface area contributed by atoms with Gasteiger partial charge in [0.1, 0.15) is 6.04 Å². The van der Waals surface area contributed by atoms with E-state index in [9.17, 15) is 9.59 Å². The number of hydrogen-bond acceptors (Lipinski definition) is 3. The zero-order valence-electron chi connectivity index (χ0n) is 11.1. The summed E-state index contributed by atoms with van der Waals surface area (Å²) < 4.78 is 0.692. The predicted molar refractivity (Wildman–Crippen MR) is 76.2 cm³/mol. The van der Waals surface area contributed by atoms with E-state index in [0.29, 0.717) is 4.34 Å². The number of piperazine rings is 1. The van der Waals surface area contributed by atoms with Gasteiger partial charge in [0.25, 0.3) is 0 Å². The summed E-state index contributed by atoms with van der Waals surface area (Å²) in [4.78, 5) is 26.8. The molecule has 0 aliphatic carbocycles. The Bertz CT molecular complexity index is 501. The normalized spacial score (nSPS) is 21.7. The lowest BCUT2D eigenvalue weighted by Crippen LogP contribution is -2.60. The predicted octanol–water partition coefficient (Wildman–Crippen LogP) is 2.45. The van der Waals surface area contributed by atoms with E-state index in [-0.39, 0.29) is 30.3 Å². The third kappa shape index (κ3) is 2.77. The van der Waals surface area contributed by atoms with Crippen LogP contribution in [0.15, 0.2) is 12.1 Å². The van der Waals surface area contributed by atoms with E-state index in [1.54, 1.807) is 4.90 Å². The summed E-state index contributed by atoms with van der Waals surface area (Å²) in [5, 5.41) is 2.65. The van der Waals surface area contributed by atoms with Crippen LogP contribution in [-0.4, -0.2) is 29.3 Å². The van der Waals surface area contributed by atoms with Gasteiger partial charge in [-0.25, -0.2) is 0 Å². The second-order valence-corrected chi connectivity index (χ2v) is 6.77. The summed E-state index contributed by atoms with van der Waals surface area (Å²) in [6.07, 6.45) is 0. The third-order valence-electron chi connectivity index (χ3n) is 3.32. The molecule has 1 aliphatic rings. The quantitative estimate of drug-likeness (QED) is 0.932. The van der Waals surface area contributed by atoms with Crippen molar-refractivity contribution in [3.63, 3.8) is 0 Å². The average Bonchev–Trinajstić information content (AvgIpc) is 2.77. The number of nitrogens with one attached hydrogen (secondary N) is 1. The molecule has 0 radical (unpaired) electrons. The SMILES string of the molecule is CC(C)C1C(=O)NCC(=O)N1C(C)c1ccc(Cl)s1. The van der Waals surface area contributed by atoms with Crippen molar-refractivity contribution in [3.8, 4) is 0 Å². The standard InChI is InChI=1S/C13H17ClN2O2S/c1-7(2)12-13(18)15-6-11(17)16(12)8(3)9-4-5-10(14)19-9/h4-5,7-8,12H,6H2,1-3H3,(H,15,18). The Kier molecular flexibility index (Phi) is 4.16. The highest BCUT2D eigenvalue weighted by Crippen LogP contribution is 2.33. The molecule has 0 bridgehead atoms. The number of rotatable bonds is 3. The molecule has 6 heteroatoms. The largest absolute Gasteiger partial charge is 0.345 e. The molecule has 19 heavy (non-hydrogen) atoms. The molecule has 1 aliphatic heterocycles. The van der Waals surface area contributed by atoms with E-state index >= 15 is 0 Å². The van der Waals surface area contributed by atoms with Gasteiger partial charge in [0, 0.05) is 4.88 Å². The van der Waals surface area contributed by atoms with Gasteiger partial charge in [0.15, 0.2) is 0 Å². The second-order valence-electron chi connectivity index (χ2n) is 5.03. The summed E-state index contributed by atoms with van der Waals surface area (Å²) in [6, 6.07) is 3.17. The van der Waals surface area contributed by atoms with Gasteiger partial charge in [0.05, 0.1) is 16.9 Å². The molecule has 1 N–H and O–H groups in total. The molecular formula is C13H17ClN2O2S. The van der Waals surface area contributed by atoms with Crippen LogP contribution in [0.2, 0.25) is 4.34 Å². The molecule has 1 saturated heterocycles. The molecule has 4 nitrogen and oxygen atoms in total. The molecule has 1 fully saturated rings. The highest BCUT2D eigenvalue weighted by Gasteiger charge is 2.39. The Morgan fingerprint density at radius 3 is 2.58 bits per heavy atom. The Balaban J connectivity index is 2.32. The molecule has 0 saturated carbocycles. The molecule has 1 aromatic heterocycles. The fourth-order valence-electron chi connectivity index (χ4n) is 2.41. The van der Waals surface area contributed by atoms with Crippen molar-refractivity contribution >= 4 is 34.8 Å². The maximum absolute atomic E-state index is 12.2. The molecule has 2 amide bonds. The first-order chi connectivity index (χ1) is 8.91. The first-order valence-electron chi connectivity index (χ1n) is 6.26. The molecule has 2 atom stereocenters. The molecular weight excluding hydrogens is 284 g/mol. The monoisotopic (exact) mass is 300 g/mol. The minimum atomic E-state index is -0.419. The van der Waals surface area contributed by atoms with E-state index in [0.717, 1.165) is 4.88 Å². The van der Waals surface area contributed by atoms with Gasteiger partial charge in [0.2, 0.25) is 11.8 Å². The van der Waals surface area contributed by atoms with Crippen molar-refractivity contribution < 1.29 is 9.59 Å². The van der Waals surface area contributed by atoms with Crippen molar-refractivity contribution in [1.82, 2.24) is 10.2 Å². The minimum absolute atomic E-state index is 0.0460. The van der Waals surface area contributed by atoms with Crippen LogP contribution in [0.25, 0.3) is 0 Å². The summed E-state index contributed by atoms with van der Waals surface area (Å²) in [7, 11) is 0. The maximum Gasteiger partial charge on any atom is 0.243 e. The summed E-state index contributed by atoms with van der Waals surface area (Å²) >= 11 is 7.39. The Morgan fingerprint density at radius 1 is 1.37 bits per heavy atom. The van der Waals surface area contributed by atoms with Gasteiger partial charge >= 0.3 is 0 Å². The fraction of sp³-hybridized carbons (Fsp3) is 0.538. The second kappa shape index (κ2) is 5.51. The first-order valence-corrected chi connectivity index (χ1v) is 7.45. The summed E-state index contributed by atoms with van der Waals surface area (Å²) in [6.45, 7) is 5.91. The number of hydrogen-bond donors (Lipinski definition) is 1. The lowest BCUT2D eigenvalue weighted by molar-refractivity contribution is -0.150. The fourth-order valence-corrected chi connectivity index (χ4v) is 3.52. The van der Waals surface area contributed by atoms with Crippen molar-refractivity contribution in [2.24, 2.45) is 5.92 Å². The minimum Gasteiger partial charge on any atom is -0.345 e. The first kappa shape index (κ1) is 14.3. The van der Waals surface area contributed by atoms with Crippen LogP contribution in [0.4, 0.5) is 0 Å². The van der Waals surface area contributed by atoms with Gasteiger partial charge < -0.3 is 10.2 Å². The van der Waals surface area contributed by atoms with Crippen LogP contribution in [0, 0.1) is 5.92 Å². The number of thiophene rings is 1. The topological polar surface area (TPSA) is 49.4 Å². The number of carbonyl (C=O) groups excluding carboxylic acids is 2. The molecule has 0 aromatic carbocycles. The van der Waals surface area contributed by atoms with Crippen molar-refractivity contribution in [1.29, 1.82) is 0 Å². The lowest BCUT2D eigenvalue weighted by Gasteiger charge is -2.40. The number of halogens is 1. The van der Waals surface area contributed by atoms with Crippen molar-refractivity contribution in [2.45, 2.75) is 32.9 Å². The smallest absolute Gasteiger partial charge is 0.243 e. The molecule has 2 rings (SSSR count). The third-order valence-corrected chi connectivity index (χ3v) is 4.73. The number of nitrogens with zero attached hydrogens (tertiary/aromatic N) is 1. The number of amides is 2. The molecule has 104 valence electrons. The Hall–Kier alpha value is -1.07. The Labute approximate surface area is 121 Å². The van der Waals surface area contributed by atoms with Crippen LogP contribution >= 0.6 is 22.9 Å². The lowest BCUT2D eigenvalue weighted by atomic mass is 9.97. The van der Waals surface area contributed by atoms with E-state index in [4.69, 9.17) is 11.6 Å². The molecule has 2 unspecified atom stereocenters. The van der Waals surface area contributed by atoms with E-state index < -0.39 is 6.04 Å². The van der Waals surface area contributed by atoms with Gasteiger partial charge in [-0.05, 0) is 25.0 Å². The highest BCUT2D eigenvalue weighted by molar-refractivity contribution is 7.16. The molecule has 2 heterocycles. The zero-order chi connectivity index (χ0) is 14.2. The van der Waals surface area contributed by atoms with Gasteiger partial charge in [-0.15, -0.1) is 11.3 Å². The van der Waals surface area contributed by atoms with Crippen LogP contribution < -0.4 is 5.32 Å². The Morgan fingerprint density at radius 2 is 2.05 bits per heavy atom. The van der Waals surface area contributed by atoms with Gasteiger partial charge in [-0.3, -0.25) is 9.59 Å².